The summed E-state index contributed by atoms with van der Waals surface area (Å²) in [7, 11) is 0. The molecule has 1 saturated heterocycles. The Labute approximate surface area is 171 Å². The first-order valence-electron chi connectivity index (χ1n) is 9.78. The van der Waals surface area contributed by atoms with Gasteiger partial charge in [-0.15, -0.1) is 0 Å². The van der Waals surface area contributed by atoms with Crippen LogP contribution in [0.4, 0.5) is 10.7 Å². The first-order chi connectivity index (χ1) is 13.9. The Morgan fingerprint density at radius 3 is 2.55 bits per heavy atom. The van der Waals surface area contributed by atoms with Crippen LogP contribution >= 0.6 is 0 Å². The van der Waals surface area contributed by atoms with Crippen LogP contribution in [0.15, 0.2) is 36.7 Å². The van der Waals surface area contributed by atoms with Crippen molar-refractivity contribution >= 4 is 24.2 Å². The summed E-state index contributed by atoms with van der Waals surface area (Å²) in [6, 6.07) is 7.96. The van der Waals surface area contributed by atoms with Crippen molar-refractivity contribution < 1.29 is 14.3 Å². The summed E-state index contributed by atoms with van der Waals surface area (Å²) in [6.07, 6.45) is 7.20. The minimum Gasteiger partial charge on any atom is -0.444 e. The number of morpholine rings is 1. The van der Waals surface area contributed by atoms with E-state index in [4.69, 9.17) is 9.47 Å². The fraction of sp³-hybridized carbons (Fsp3) is 0.409. The molecule has 1 amide bonds. The first kappa shape index (κ1) is 20.8. The molecule has 0 radical (unpaired) electrons. The van der Waals surface area contributed by atoms with Crippen molar-refractivity contribution in [2.75, 3.05) is 31.2 Å². The summed E-state index contributed by atoms with van der Waals surface area (Å²) in [4.78, 5) is 22.8. The lowest BCUT2D eigenvalue weighted by Crippen LogP contribution is -2.37. The van der Waals surface area contributed by atoms with Crippen LogP contribution in [-0.4, -0.2) is 48.0 Å². The molecule has 1 aromatic carbocycles. The smallest absolute Gasteiger partial charge is 0.407 e. The maximum absolute atomic E-state index is 11.8. The fourth-order valence-electron chi connectivity index (χ4n) is 2.83. The lowest BCUT2D eigenvalue weighted by molar-refractivity contribution is 0.0523. The van der Waals surface area contributed by atoms with E-state index in [2.05, 4.69) is 20.2 Å². The lowest BCUT2D eigenvalue weighted by atomic mass is 10.1. The Morgan fingerprint density at radius 1 is 1.17 bits per heavy atom. The van der Waals surface area contributed by atoms with E-state index in [1.54, 1.807) is 0 Å². The van der Waals surface area contributed by atoms with Gasteiger partial charge in [0.05, 0.1) is 13.2 Å². The number of nitrogens with zero attached hydrogens (tertiary/aromatic N) is 3. The van der Waals surface area contributed by atoms with Crippen LogP contribution in [-0.2, 0) is 16.0 Å². The van der Waals surface area contributed by atoms with Gasteiger partial charge in [-0.05, 0) is 38.0 Å². The fourth-order valence-corrected chi connectivity index (χ4v) is 2.83. The molecule has 1 N–H and O–H groups in total. The number of hydrogen-bond donors (Lipinski definition) is 1. The normalized spacial score (nSPS) is 14.8. The summed E-state index contributed by atoms with van der Waals surface area (Å²) in [5, 5.41) is 2.78. The number of rotatable bonds is 5. The highest BCUT2D eigenvalue weighted by Gasteiger charge is 2.15. The van der Waals surface area contributed by atoms with Crippen molar-refractivity contribution in [3.63, 3.8) is 0 Å². The van der Waals surface area contributed by atoms with Gasteiger partial charge in [0, 0.05) is 37.6 Å². The largest absolute Gasteiger partial charge is 0.444 e. The minimum absolute atomic E-state index is 0.411. The minimum atomic E-state index is -0.506. The number of carbonyl (C=O) groups is 1. The van der Waals surface area contributed by atoms with Crippen LogP contribution < -0.4 is 10.2 Å². The van der Waals surface area contributed by atoms with E-state index in [1.807, 2.05) is 69.6 Å². The Balaban J connectivity index is 1.56. The second-order valence-electron chi connectivity index (χ2n) is 7.85. The molecule has 7 heteroatoms. The molecule has 0 bridgehead atoms. The zero-order valence-electron chi connectivity index (χ0n) is 17.2. The van der Waals surface area contributed by atoms with Crippen molar-refractivity contribution in [1.29, 1.82) is 0 Å². The molecule has 0 unspecified atom stereocenters. The number of amides is 1. The molecule has 1 aliphatic heterocycles. The van der Waals surface area contributed by atoms with Gasteiger partial charge in [-0.1, -0.05) is 30.4 Å². The average Bonchev–Trinajstić information content (AvgIpc) is 2.71. The molecule has 3 rings (SSSR count). The third-order valence-electron chi connectivity index (χ3n) is 4.21. The SMILES string of the molecule is CC(C)(C)OC(=O)NCc1cccc(C=Cc2cnc(N3CCOCC3)nc2)c1. The van der Waals surface area contributed by atoms with Crippen LogP contribution in [0, 0.1) is 0 Å². The maximum Gasteiger partial charge on any atom is 0.407 e. The maximum atomic E-state index is 11.8. The third-order valence-corrected chi connectivity index (χ3v) is 4.21. The topological polar surface area (TPSA) is 76.6 Å². The van der Waals surface area contributed by atoms with E-state index in [0.717, 1.165) is 35.7 Å². The van der Waals surface area contributed by atoms with Gasteiger partial charge in [0.15, 0.2) is 0 Å². The van der Waals surface area contributed by atoms with E-state index in [-0.39, 0.29) is 0 Å². The molecule has 0 spiro atoms. The number of anilines is 1. The Bertz CT molecular complexity index is 838. The number of ether oxygens (including phenoxy) is 2. The lowest BCUT2D eigenvalue weighted by Gasteiger charge is -2.26. The Morgan fingerprint density at radius 2 is 1.86 bits per heavy atom. The van der Waals surface area contributed by atoms with E-state index < -0.39 is 11.7 Å². The van der Waals surface area contributed by atoms with Crippen molar-refractivity contribution in [2.45, 2.75) is 32.9 Å². The van der Waals surface area contributed by atoms with Crippen molar-refractivity contribution in [3.05, 3.63) is 53.3 Å². The second-order valence-corrected chi connectivity index (χ2v) is 7.85. The number of nitrogens with one attached hydrogen (secondary N) is 1. The van der Waals surface area contributed by atoms with Gasteiger partial charge in [-0.3, -0.25) is 0 Å². The van der Waals surface area contributed by atoms with Crippen molar-refractivity contribution in [1.82, 2.24) is 15.3 Å². The van der Waals surface area contributed by atoms with E-state index in [0.29, 0.717) is 19.8 Å². The van der Waals surface area contributed by atoms with Crippen LogP contribution in [0.1, 0.15) is 37.5 Å². The zero-order chi connectivity index (χ0) is 20.7. The number of hydrogen-bond acceptors (Lipinski definition) is 6. The highest BCUT2D eigenvalue weighted by atomic mass is 16.6. The molecule has 0 aliphatic carbocycles. The predicted molar refractivity (Wildman–Crippen MR) is 114 cm³/mol. The third kappa shape index (κ3) is 6.87. The van der Waals surface area contributed by atoms with Gasteiger partial charge >= 0.3 is 6.09 Å². The molecule has 1 aliphatic rings. The summed E-state index contributed by atoms with van der Waals surface area (Å²) < 4.78 is 10.6. The van der Waals surface area contributed by atoms with Crippen LogP contribution in [0.5, 0.6) is 0 Å². The number of aromatic nitrogens is 2. The average molecular weight is 396 g/mol. The number of benzene rings is 1. The molecule has 1 fully saturated rings. The van der Waals surface area contributed by atoms with Crippen LogP contribution in [0.25, 0.3) is 12.2 Å². The molecular weight excluding hydrogens is 368 g/mol. The summed E-state index contributed by atoms with van der Waals surface area (Å²) in [6.45, 7) is 9.00. The van der Waals surface area contributed by atoms with Crippen LogP contribution in [0.2, 0.25) is 0 Å². The van der Waals surface area contributed by atoms with Gasteiger partial charge in [0.25, 0.3) is 0 Å². The first-order valence-corrected chi connectivity index (χ1v) is 9.78. The summed E-state index contributed by atoms with van der Waals surface area (Å²) in [5.74, 6) is 0.737. The zero-order valence-corrected chi connectivity index (χ0v) is 17.2. The second kappa shape index (κ2) is 9.52. The molecule has 2 aromatic rings. The number of alkyl carbamates (subject to hydrolysis) is 1. The van der Waals surface area contributed by atoms with Gasteiger partial charge < -0.3 is 19.7 Å². The monoisotopic (exact) mass is 396 g/mol. The Hall–Kier alpha value is -2.93. The van der Waals surface area contributed by atoms with Crippen molar-refractivity contribution in [3.8, 4) is 0 Å². The number of carbonyl (C=O) groups excluding carboxylic acids is 1. The summed E-state index contributed by atoms with van der Waals surface area (Å²) >= 11 is 0. The van der Waals surface area contributed by atoms with E-state index in [1.165, 1.54) is 0 Å². The van der Waals surface area contributed by atoms with Gasteiger partial charge in [0.2, 0.25) is 5.95 Å². The van der Waals surface area contributed by atoms with Crippen molar-refractivity contribution in [2.24, 2.45) is 0 Å². The summed E-state index contributed by atoms with van der Waals surface area (Å²) in [5.41, 5.74) is 2.45. The predicted octanol–water partition coefficient (Wildman–Crippen LogP) is 3.51. The molecule has 1 aromatic heterocycles. The van der Waals surface area contributed by atoms with Gasteiger partial charge in [-0.2, -0.15) is 0 Å². The van der Waals surface area contributed by atoms with Crippen LogP contribution in [0.3, 0.4) is 0 Å². The van der Waals surface area contributed by atoms with E-state index in [9.17, 15) is 4.79 Å². The van der Waals surface area contributed by atoms with E-state index >= 15 is 0 Å². The molecule has 2 heterocycles. The highest BCUT2D eigenvalue weighted by Crippen LogP contribution is 2.13. The molecule has 0 atom stereocenters. The van der Waals surface area contributed by atoms with Gasteiger partial charge in [0.1, 0.15) is 5.60 Å². The molecule has 154 valence electrons. The quantitative estimate of drug-likeness (QED) is 0.833. The standard InChI is InChI=1S/C22H28N4O3/c1-22(2,3)29-21(27)25-14-18-6-4-5-17(13-18)7-8-19-15-23-20(24-16-19)26-9-11-28-12-10-26/h4-8,13,15-16H,9-12,14H2,1-3H3,(H,25,27). The Kier molecular flexibility index (Phi) is 6.82. The molecule has 7 nitrogen and oxygen atoms in total. The molecular formula is C22H28N4O3. The highest BCUT2D eigenvalue weighted by molar-refractivity contribution is 5.70. The van der Waals surface area contributed by atoms with Gasteiger partial charge in [-0.25, -0.2) is 14.8 Å². The molecule has 29 heavy (non-hydrogen) atoms. The molecule has 0 saturated carbocycles.